The molecule has 1 aromatic rings. The van der Waals surface area contributed by atoms with Crippen molar-refractivity contribution in [3.8, 4) is 5.75 Å². The fraction of sp³-hybridized carbons (Fsp3) is 0.538. The average Bonchev–Trinajstić information content (AvgIpc) is 2.81. The van der Waals surface area contributed by atoms with Gasteiger partial charge in [0.1, 0.15) is 11.6 Å². The fourth-order valence-electron chi connectivity index (χ4n) is 2.72. The Balaban J connectivity index is 2.04. The zero-order valence-electron chi connectivity index (χ0n) is 9.26. The number of halogens is 1. The van der Waals surface area contributed by atoms with Crippen molar-refractivity contribution >= 4 is 0 Å². The van der Waals surface area contributed by atoms with E-state index in [4.69, 9.17) is 4.74 Å². The van der Waals surface area contributed by atoms with Crippen LogP contribution in [-0.4, -0.2) is 13.2 Å². The normalized spacial score (nSPS) is 23.9. The van der Waals surface area contributed by atoms with Gasteiger partial charge in [0.25, 0.3) is 0 Å². The van der Waals surface area contributed by atoms with Crippen molar-refractivity contribution in [2.75, 3.05) is 13.2 Å². The monoisotopic (exact) mass is 221 g/mol. The van der Waals surface area contributed by atoms with Crippen molar-refractivity contribution in [2.45, 2.75) is 31.7 Å². The lowest BCUT2D eigenvalue weighted by Gasteiger charge is -2.23. The molecular weight excluding hydrogens is 205 g/mol. The van der Waals surface area contributed by atoms with Gasteiger partial charge in [0.15, 0.2) is 0 Å². The fourth-order valence-corrected chi connectivity index (χ4v) is 2.72. The van der Waals surface area contributed by atoms with Crippen LogP contribution in [0, 0.1) is 5.82 Å². The van der Waals surface area contributed by atoms with E-state index >= 15 is 0 Å². The Kier molecular flexibility index (Phi) is 2.56. The molecule has 0 radical (unpaired) electrons. The molecule has 2 aliphatic rings. The lowest BCUT2D eigenvalue weighted by molar-refractivity contribution is 0.285. The molecule has 1 aromatic carbocycles. The van der Waals surface area contributed by atoms with Crippen LogP contribution in [0.4, 0.5) is 4.39 Å². The minimum atomic E-state index is -0.177. The predicted octanol–water partition coefficient (Wildman–Crippen LogP) is 2.58. The number of rotatable bonds is 1. The van der Waals surface area contributed by atoms with E-state index in [0.717, 1.165) is 37.1 Å². The van der Waals surface area contributed by atoms with E-state index in [9.17, 15) is 4.39 Å². The summed E-state index contributed by atoms with van der Waals surface area (Å²) >= 11 is 0. The number of ether oxygens (including phenoxy) is 1. The Hall–Kier alpha value is -1.09. The molecule has 2 nitrogen and oxygen atoms in total. The zero-order valence-corrected chi connectivity index (χ0v) is 9.26. The first-order valence-corrected chi connectivity index (χ1v) is 6.03. The maximum absolute atomic E-state index is 13.5. The molecule has 0 bridgehead atoms. The number of benzene rings is 1. The third kappa shape index (κ3) is 1.69. The first-order chi connectivity index (χ1) is 7.84. The SMILES string of the molecule is Fc1cc2c(c([C@H]3CCCN3)c1)CCCO2. The number of nitrogens with one attached hydrogen (secondary N) is 1. The first kappa shape index (κ1) is 10.1. The molecule has 1 N–H and O–H groups in total. The van der Waals surface area contributed by atoms with Gasteiger partial charge in [-0.05, 0) is 49.4 Å². The first-order valence-electron chi connectivity index (χ1n) is 6.03. The van der Waals surface area contributed by atoms with Gasteiger partial charge in [0.2, 0.25) is 0 Å². The highest BCUT2D eigenvalue weighted by atomic mass is 19.1. The number of hydrogen-bond acceptors (Lipinski definition) is 2. The molecule has 2 aliphatic heterocycles. The van der Waals surface area contributed by atoms with E-state index in [1.807, 2.05) is 0 Å². The Labute approximate surface area is 94.8 Å². The van der Waals surface area contributed by atoms with Crippen LogP contribution >= 0.6 is 0 Å². The van der Waals surface area contributed by atoms with E-state index in [-0.39, 0.29) is 5.82 Å². The molecule has 86 valence electrons. The minimum Gasteiger partial charge on any atom is -0.493 e. The quantitative estimate of drug-likeness (QED) is 0.787. The van der Waals surface area contributed by atoms with Gasteiger partial charge in [-0.2, -0.15) is 0 Å². The third-order valence-electron chi connectivity index (χ3n) is 3.47. The second kappa shape index (κ2) is 4.06. The van der Waals surface area contributed by atoms with Crippen LogP contribution in [-0.2, 0) is 6.42 Å². The molecule has 1 fully saturated rings. The summed E-state index contributed by atoms with van der Waals surface area (Å²) in [5, 5.41) is 3.43. The van der Waals surface area contributed by atoms with E-state index < -0.39 is 0 Å². The number of hydrogen-bond donors (Lipinski definition) is 1. The number of fused-ring (bicyclic) bond motifs is 1. The van der Waals surface area contributed by atoms with Crippen molar-refractivity contribution < 1.29 is 9.13 Å². The van der Waals surface area contributed by atoms with Crippen LogP contribution < -0.4 is 10.1 Å². The Morgan fingerprint density at radius 1 is 1.31 bits per heavy atom. The molecule has 0 unspecified atom stereocenters. The molecular formula is C13H16FNO. The molecule has 0 saturated carbocycles. The van der Waals surface area contributed by atoms with Crippen molar-refractivity contribution in [1.82, 2.24) is 5.32 Å². The van der Waals surface area contributed by atoms with E-state index in [1.54, 1.807) is 6.07 Å². The zero-order chi connectivity index (χ0) is 11.0. The van der Waals surface area contributed by atoms with E-state index in [1.165, 1.54) is 18.1 Å². The molecule has 2 heterocycles. The maximum Gasteiger partial charge on any atom is 0.127 e. The second-order valence-electron chi connectivity index (χ2n) is 4.57. The molecule has 1 atom stereocenters. The van der Waals surface area contributed by atoms with Crippen LogP contribution in [0.2, 0.25) is 0 Å². The Bertz CT molecular complexity index is 399. The topological polar surface area (TPSA) is 21.3 Å². The van der Waals surface area contributed by atoms with Gasteiger partial charge >= 0.3 is 0 Å². The molecule has 0 aromatic heterocycles. The second-order valence-corrected chi connectivity index (χ2v) is 4.57. The Morgan fingerprint density at radius 3 is 3.06 bits per heavy atom. The van der Waals surface area contributed by atoms with Gasteiger partial charge in [0.05, 0.1) is 6.61 Å². The van der Waals surface area contributed by atoms with Crippen LogP contribution in [0.3, 0.4) is 0 Å². The van der Waals surface area contributed by atoms with E-state index in [2.05, 4.69) is 5.32 Å². The maximum atomic E-state index is 13.5. The van der Waals surface area contributed by atoms with Gasteiger partial charge in [-0.3, -0.25) is 0 Å². The lowest BCUT2D eigenvalue weighted by Crippen LogP contribution is -2.18. The predicted molar refractivity (Wildman–Crippen MR) is 60.2 cm³/mol. The highest BCUT2D eigenvalue weighted by Gasteiger charge is 2.24. The van der Waals surface area contributed by atoms with Crippen LogP contribution in [0.5, 0.6) is 5.75 Å². The van der Waals surface area contributed by atoms with Crippen molar-refractivity contribution in [3.63, 3.8) is 0 Å². The summed E-state index contributed by atoms with van der Waals surface area (Å²) in [5.41, 5.74) is 2.33. The molecule has 3 heteroatoms. The molecule has 3 rings (SSSR count). The van der Waals surface area contributed by atoms with Gasteiger partial charge in [-0.1, -0.05) is 0 Å². The molecule has 16 heavy (non-hydrogen) atoms. The van der Waals surface area contributed by atoms with Gasteiger partial charge in [-0.15, -0.1) is 0 Å². The van der Waals surface area contributed by atoms with E-state index in [0.29, 0.717) is 12.6 Å². The average molecular weight is 221 g/mol. The van der Waals surface area contributed by atoms with Crippen LogP contribution in [0.15, 0.2) is 12.1 Å². The highest BCUT2D eigenvalue weighted by Crippen LogP contribution is 2.35. The van der Waals surface area contributed by atoms with Gasteiger partial charge in [0, 0.05) is 12.1 Å². The lowest BCUT2D eigenvalue weighted by atomic mass is 9.94. The van der Waals surface area contributed by atoms with Crippen LogP contribution in [0.25, 0.3) is 0 Å². The molecule has 0 amide bonds. The summed E-state index contributed by atoms with van der Waals surface area (Å²) in [6.07, 6.45) is 4.34. The third-order valence-corrected chi connectivity index (χ3v) is 3.47. The largest absolute Gasteiger partial charge is 0.493 e. The highest BCUT2D eigenvalue weighted by molar-refractivity contribution is 5.44. The molecule has 0 aliphatic carbocycles. The molecule has 0 spiro atoms. The van der Waals surface area contributed by atoms with Crippen LogP contribution in [0.1, 0.15) is 36.4 Å². The summed E-state index contributed by atoms with van der Waals surface area (Å²) in [7, 11) is 0. The van der Waals surface area contributed by atoms with Gasteiger partial charge < -0.3 is 10.1 Å². The summed E-state index contributed by atoms with van der Waals surface area (Å²) in [4.78, 5) is 0. The van der Waals surface area contributed by atoms with Crippen molar-refractivity contribution in [2.24, 2.45) is 0 Å². The smallest absolute Gasteiger partial charge is 0.127 e. The molecule has 1 saturated heterocycles. The summed E-state index contributed by atoms with van der Waals surface area (Å²) < 4.78 is 19.0. The summed E-state index contributed by atoms with van der Waals surface area (Å²) in [6, 6.07) is 3.52. The van der Waals surface area contributed by atoms with Crippen molar-refractivity contribution in [3.05, 3.63) is 29.1 Å². The standard InChI is InChI=1S/C13H16FNO/c14-9-7-11(12-4-1-5-15-12)10-3-2-6-16-13(10)8-9/h7-8,12,15H,1-6H2/t12-/m1/s1. The van der Waals surface area contributed by atoms with Gasteiger partial charge in [-0.25, -0.2) is 4.39 Å². The summed E-state index contributed by atoms with van der Waals surface area (Å²) in [5.74, 6) is 0.583. The Morgan fingerprint density at radius 2 is 2.25 bits per heavy atom. The summed E-state index contributed by atoms with van der Waals surface area (Å²) in [6.45, 7) is 1.75. The minimum absolute atomic E-state index is 0.177. The van der Waals surface area contributed by atoms with Crippen molar-refractivity contribution in [1.29, 1.82) is 0 Å².